The Hall–Kier alpha value is -1.24. The van der Waals surface area contributed by atoms with Crippen molar-refractivity contribution in [3.8, 4) is 10.6 Å². The lowest BCUT2D eigenvalue weighted by Gasteiger charge is -2.29. The standard InChI is InChI=1S/C17H20N2O2S2/c1-10-3-4-14(21-10)17(20)19-6-5-15-12(8-19)7-16(23-15)13-9-22-11(2)18-13/h7,9-10,14H,3-6,8H2,1-2H3/t10-,14-/m0/s1. The molecule has 2 aliphatic heterocycles. The Bertz CT molecular complexity index is 737. The summed E-state index contributed by atoms with van der Waals surface area (Å²) in [4.78, 5) is 21.8. The van der Waals surface area contributed by atoms with E-state index in [1.54, 1.807) is 11.3 Å². The maximum Gasteiger partial charge on any atom is 0.252 e. The number of aryl methyl sites for hydroxylation is 1. The minimum Gasteiger partial charge on any atom is -0.365 e. The van der Waals surface area contributed by atoms with Crippen LogP contribution in [-0.4, -0.2) is 34.5 Å². The maximum atomic E-state index is 12.6. The van der Waals surface area contributed by atoms with Crippen LogP contribution in [-0.2, 0) is 22.5 Å². The Labute approximate surface area is 144 Å². The zero-order chi connectivity index (χ0) is 16.0. The van der Waals surface area contributed by atoms with E-state index >= 15 is 0 Å². The molecule has 2 aromatic heterocycles. The number of hydrogen-bond donors (Lipinski definition) is 0. The lowest BCUT2D eigenvalue weighted by Crippen LogP contribution is -2.41. The minimum atomic E-state index is -0.231. The van der Waals surface area contributed by atoms with E-state index in [2.05, 4.69) is 16.4 Å². The van der Waals surface area contributed by atoms with Gasteiger partial charge < -0.3 is 9.64 Å². The highest BCUT2D eigenvalue weighted by molar-refractivity contribution is 7.16. The van der Waals surface area contributed by atoms with Gasteiger partial charge in [0.15, 0.2) is 0 Å². The molecule has 1 fully saturated rings. The molecular weight excluding hydrogens is 328 g/mol. The van der Waals surface area contributed by atoms with E-state index < -0.39 is 0 Å². The van der Waals surface area contributed by atoms with Crippen molar-refractivity contribution in [2.45, 2.75) is 51.9 Å². The fourth-order valence-corrected chi connectivity index (χ4v) is 5.12. The molecule has 0 aromatic carbocycles. The Balaban J connectivity index is 1.51. The molecule has 0 radical (unpaired) electrons. The predicted octanol–water partition coefficient (Wildman–Crippen LogP) is 3.63. The van der Waals surface area contributed by atoms with Crippen molar-refractivity contribution in [3.63, 3.8) is 0 Å². The highest BCUT2D eigenvalue weighted by Crippen LogP contribution is 2.35. The van der Waals surface area contributed by atoms with Gasteiger partial charge in [0.05, 0.1) is 21.7 Å². The second-order valence-corrected chi connectivity index (χ2v) is 8.53. The van der Waals surface area contributed by atoms with Crippen molar-refractivity contribution in [3.05, 3.63) is 26.9 Å². The zero-order valence-electron chi connectivity index (χ0n) is 13.4. The molecule has 0 aliphatic carbocycles. The molecule has 2 atom stereocenters. The second-order valence-electron chi connectivity index (χ2n) is 6.33. The molecule has 2 aromatic rings. The van der Waals surface area contributed by atoms with E-state index in [0.717, 1.165) is 36.5 Å². The van der Waals surface area contributed by atoms with Crippen LogP contribution in [0.1, 0.15) is 35.2 Å². The summed E-state index contributed by atoms with van der Waals surface area (Å²) in [5.41, 5.74) is 2.35. The molecule has 6 heteroatoms. The molecule has 2 aliphatic rings. The van der Waals surface area contributed by atoms with E-state index in [-0.39, 0.29) is 18.1 Å². The van der Waals surface area contributed by atoms with Gasteiger partial charge in [-0.05, 0) is 44.7 Å². The summed E-state index contributed by atoms with van der Waals surface area (Å²) < 4.78 is 5.74. The number of hydrogen-bond acceptors (Lipinski definition) is 5. The van der Waals surface area contributed by atoms with Crippen LogP contribution in [0.3, 0.4) is 0 Å². The predicted molar refractivity (Wildman–Crippen MR) is 92.9 cm³/mol. The van der Waals surface area contributed by atoms with Crippen LogP contribution in [0.15, 0.2) is 11.4 Å². The van der Waals surface area contributed by atoms with Crippen LogP contribution in [0.5, 0.6) is 0 Å². The van der Waals surface area contributed by atoms with Gasteiger partial charge >= 0.3 is 0 Å². The topological polar surface area (TPSA) is 42.4 Å². The van der Waals surface area contributed by atoms with E-state index in [9.17, 15) is 4.79 Å². The van der Waals surface area contributed by atoms with Gasteiger partial charge in [0.1, 0.15) is 6.10 Å². The van der Waals surface area contributed by atoms with E-state index in [0.29, 0.717) is 6.54 Å². The largest absolute Gasteiger partial charge is 0.365 e. The summed E-state index contributed by atoms with van der Waals surface area (Å²) >= 11 is 3.51. The number of carbonyl (C=O) groups excluding carboxylic acids is 1. The molecule has 4 heterocycles. The first-order chi connectivity index (χ1) is 11.1. The highest BCUT2D eigenvalue weighted by atomic mass is 32.1. The lowest BCUT2D eigenvalue weighted by molar-refractivity contribution is -0.143. The van der Waals surface area contributed by atoms with Gasteiger partial charge in [-0.1, -0.05) is 0 Å². The summed E-state index contributed by atoms with van der Waals surface area (Å²) in [6, 6.07) is 2.21. The normalized spacial score (nSPS) is 24.0. The van der Waals surface area contributed by atoms with Gasteiger partial charge in [0, 0.05) is 23.3 Å². The molecule has 4 rings (SSSR count). The number of thiophene rings is 1. The van der Waals surface area contributed by atoms with Crippen molar-refractivity contribution in [2.24, 2.45) is 0 Å². The van der Waals surface area contributed by atoms with Crippen LogP contribution in [0, 0.1) is 6.92 Å². The van der Waals surface area contributed by atoms with Crippen molar-refractivity contribution in [2.75, 3.05) is 6.54 Å². The number of amides is 1. The number of fused-ring (bicyclic) bond motifs is 1. The van der Waals surface area contributed by atoms with Gasteiger partial charge in [0.25, 0.3) is 5.91 Å². The fourth-order valence-electron chi connectivity index (χ4n) is 3.31. The quantitative estimate of drug-likeness (QED) is 0.832. The first-order valence-electron chi connectivity index (χ1n) is 8.08. The molecule has 0 bridgehead atoms. The summed E-state index contributed by atoms with van der Waals surface area (Å²) in [6.07, 6.45) is 2.77. The van der Waals surface area contributed by atoms with Crippen LogP contribution in [0.4, 0.5) is 0 Å². The third kappa shape index (κ3) is 2.95. The monoisotopic (exact) mass is 348 g/mol. The van der Waals surface area contributed by atoms with Crippen molar-refractivity contribution >= 4 is 28.6 Å². The summed E-state index contributed by atoms with van der Waals surface area (Å²) in [5.74, 6) is 0.164. The van der Waals surface area contributed by atoms with Crippen LogP contribution >= 0.6 is 22.7 Å². The number of carbonyl (C=O) groups is 1. The van der Waals surface area contributed by atoms with Gasteiger partial charge in [-0.25, -0.2) is 4.98 Å². The van der Waals surface area contributed by atoms with Gasteiger partial charge in [-0.2, -0.15) is 0 Å². The summed E-state index contributed by atoms with van der Waals surface area (Å²) in [7, 11) is 0. The number of thiazole rings is 1. The molecular formula is C17H20N2O2S2. The zero-order valence-corrected chi connectivity index (χ0v) is 15.0. The Morgan fingerprint density at radius 2 is 2.30 bits per heavy atom. The molecule has 122 valence electrons. The number of nitrogens with zero attached hydrogens (tertiary/aromatic N) is 2. The molecule has 1 saturated heterocycles. The molecule has 0 spiro atoms. The molecule has 0 saturated carbocycles. The third-order valence-corrected chi connectivity index (χ3v) is 6.59. The summed E-state index contributed by atoms with van der Waals surface area (Å²) in [5, 5.41) is 3.21. The Morgan fingerprint density at radius 1 is 1.43 bits per heavy atom. The van der Waals surface area contributed by atoms with Crippen molar-refractivity contribution in [1.29, 1.82) is 0 Å². The number of rotatable bonds is 2. The maximum absolute atomic E-state index is 12.6. The Morgan fingerprint density at radius 3 is 3.00 bits per heavy atom. The number of ether oxygens (including phenoxy) is 1. The average Bonchev–Trinajstić information content (AvgIpc) is 3.24. The van der Waals surface area contributed by atoms with Gasteiger partial charge in [-0.3, -0.25) is 4.79 Å². The van der Waals surface area contributed by atoms with E-state index in [1.807, 2.05) is 30.1 Å². The van der Waals surface area contributed by atoms with E-state index in [4.69, 9.17) is 4.74 Å². The minimum absolute atomic E-state index is 0.164. The summed E-state index contributed by atoms with van der Waals surface area (Å²) in [6.45, 7) is 5.59. The molecule has 4 nitrogen and oxygen atoms in total. The smallest absolute Gasteiger partial charge is 0.252 e. The Kier molecular flexibility index (Phi) is 3.99. The van der Waals surface area contributed by atoms with Crippen LogP contribution in [0.25, 0.3) is 10.6 Å². The fraction of sp³-hybridized carbons (Fsp3) is 0.529. The van der Waals surface area contributed by atoms with E-state index in [1.165, 1.54) is 15.3 Å². The first-order valence-corrected chi connectivity index (χ1v) is 9.78. The second kappa shape index (κ2) is 6.00. The lowest BCUT2D eigenvalue weighted by atomic mass is 10.1. The SMILES string of the molecule is Cc1nc(-c2cc3c(s2)CCN(C(=O)[C@@H]2CC[C@H](C)O2)C3)cs1. The highest BCUT2D eigenvalue weighted by Gasteiger charge is 2.33. The van der Waals surface area contributed by atoms with Crippen LogP contribution in [0.2, 0.25) is 0 Å². The first kappa shape index (κ1) is 15.3. The van der Waals surface area contributed by atoms with Gasteiger partial charge in [-0.15, -0.1) is 22.7 Å². The van der Waals surface area contributed by atoms with Crippen molar-refractivity contribution < 1.29 is 9.53 Å². The number of aromatic nitrogens is 1. The molecule has 1 amide bonds. The van der Waals surface area contributed by atoms with Gasteiger partial charge in [0.2, 0.25) is 0 Å². The molecule has 0 N–H and O–H groups in total. The van der Waals surface area contributed by atoms with Crippen molar-refractivity contribution in [1.82, 2.24) is 9.88 Å². The van der Waals surface area contributed by atoms with Crippen LogP contribution < -0.4 is 0 Å². The molecule has 23 heavy (non-hydrogen) atoms. The third-order valence-electron chi connectivity index (χ3n) is 4.56. The average molecular weight is 348 g/mol. The molecule has 0 unspecified atom stereocenters.